The molecule has 1 saturated heterocycles. The minimum atomic E-state index is 0.180. The van der Waals surface area contributed by atoms with Crippen LogP contribution in [-0.2, 0) is 16.6 Å². The number of piperazine rings is 1. The van der Waals surface area contributed by atoms with E-state index in [9.17, 15) is 4.79 Å². The minimum absolute atomic E-state index is 0.180. The van der Waals surface area contributed by atoms with Crippen molar-refractivity contribution >= 4 is 11.6 Å². The number of rotatable bonds is 3. The van der Waals surface area contributed by atoms with Crippen LogP contribution in [0.2, 0.25) is 0 Å². The number of nitrogens with zero attached hydrogens (tertiary/aromatic N) is 2. The molecule has 1 amide bonds. The second kappa shape index (κ2) is 7.53. The molecule has 0 saturated carbocycles. The van der Waals surface area contributed by atoms with Crippen LogP contribution in [0, 0.1) is 6.92 Å². The highest BCUT2D eigenvalue weighted by Crippen LogP contribution is 2.25. The van der Waals surface area contributed by atoms with Crippen molar-refractivity contribution in [3.05, 3.63) is 65.2 Å². The number of carbonyl (C=O) groups is 1. The molecule has 1 fully saturated rings. The summed E-state index contributed by atoms with van der Waals surface area (Å²) in [6.45, 7) is 12.2. The Hall–Kier alpha value is -2.29. The number of carbonyl (C=O) groups excluding carboxylic acids is 1. The van der Waals surface area contributed by atoms with E-state index in [4.69, 9.17) is 0 Å². The van der Waals surface area contributed by atoms with E-state index in [2.05, 4.69) is 69.0 Å². The number of anilines is 1. The molecule has 1 aliphatic heterocycles. The first-order valence-corrected chi connectivity index (χ1v) is 9.52. The van der Waals surface area contributed by atoms with Gasteiger partial charge in [-0.1, -0.05) is 57.2 Å². The lowest BCUT2D eigenvalue weighted by Gasteiger charge is -2.36. The lowest BCUT2D eigenvalue weighted by Crippen LogP contribution is -2.49. The van der Waals surface area contributed by atoms with Gasteiger partial charge in [-0.15, -0.1) is 0 Å². The zero-order valence-electron chi connectivity index (χ0n) is 16.5. The molecule has 1 heterocycles. The minimum Gasteiger partial charge on any atom is -0.368 e. The maximum atomic E-state index is 12.6. The normalized spacial score (nSPS) is 15.2. The highest BCUT2D eigenvalue weighted by atomic mass is 16.2. The molecule has 138 valence electrons. The summed E-state index contributed by atoms with van der Waals surface area (Å²) in [5.74, 6) is 0.238. The Kier molecular flexibility index (Phi) is 5.36. The van der Waals surface area contributed by atoms with Gasteiger partial charge in [0.25, 0.3) is 0 Å². The van der Waals surface area contributed by atoms with Crippen molar-refractivity contribution in [1.82, 2.24) is 4.90 Å². The number of aryl methyl sites for hydroxylation is 1. The van der Waals surface area contributed by atoms with Gasteiger partial charge in [-0.25, -0.2) is 0 Å². The number of amides is 1. The third-order valence-corrected chi connectivity index (χ3v) is 5.33. The molecule has 1 aliphatic rings. The van der Waals surface area contributed by atoms with Crippen LogP contribution in [0.5, 0.6) is 0 Å². The summed E-state index contributed by atoms with van der Waals surface area (Å²) in [6, 6.07) is 17.0. The van der Waals surface area contributed by atoms with Crippen molar-refractivity contribution in [3.63, 3.8) is 0 Å². The topological polar surface area (TPSA) is 23.6 Å². The van der Waals surface area contributed by atoms with E-state index in [0.29, 0.717) is 6.42 Å². The van der Waals surface area contributed by atoms with Gasteiger partial charge >= 0.3 is 0 Å². The molecule has 0 atom stereocenters. The summed E-state index contributed by atoms with van der Waals surface area (Å²) in [7, 11) is 0. The maximum absolute atomic E-state index is 12.6. The summed E-state index contributed by atoms with van der Waals surface area (Å²) in [6.07, 6.45) is 0.507. The number of benzene rings is 2. The van der Waals surface area contributed by atoms with Crippen molar-refractivity contribution in [2.24, 2.45) is 0 Å². The van der Waals surface area contributed by atoms with Gasteiger partial charge in [0.05, 0.1) is 6.42 Å². The molecular weight excluding hydrogens is 320 g/mol. The molecule has 3 nitrogen and oxygen atoms in total. The van der Waals surface area contributed by atoms with Crippen LogP contribution in [0.3, 0.4) is 0 Å². The highest BCUT2D eigenvalue weighted by Gasteiger charge is 2.22. The Bertz CT molecular complexity index is 751. The van der Waals surface area contributed by atoms with Gasteiger partial charge in [0.2, 0.25) is 5.91 Å². The third-order valence-electron chi connectivity index (χ3n) is 5.33. The summed E-state index contributed by atoms with van der Waals surface area (Å²) in [5, 5.41) is 0. The maximum Gasteiger partial charge on any atom is 0.227 e. The molecule has 0 unspecified atom stereocenters. The zero-order chi connectivity index (χ0) is 18.7. The van der Waals surface area contributed by atoms with Crippen molar-refractivity contribution in [2.75, 3.05) is 31.1 Å². The molecule has 0 aromatic heterocycles. The quantitative estimate of drug-likeness (QED) is 0.829. The molecular formula is C23H30N2O. The average Bonchev–Trinajstić information content (AvgIpc) is 2.63. The van der Waals surface area contributed by atoms with Crippen LogP contribution in [0.25, 0.3) is 0 Å². The fourth-order valence-corrected chi connectivity index (χ4v) is 3.47. The standard InChI is InChI=1S/C23H30N2O/c1-18-7-5-6-8-19(18)17-22(26)25-15-13-24(14-16-25)21-11-9-20(10-12-21)23(2,3)4/h5-12H,13-17H2,1-4H3. The van der Waals surface area contributed by atoms with Crippen molar-refractivity contribution in [2.45, 2.75) is 39.5 Å². The Morgan fingerprint density at radius 3 is 2.12 bits per heavy atom. The van der Waals surface area contributed by atoms with Crippen LogP contribution >= 0.6 is 0 Å². The largest absolute Gasteiger partial charge is 0.368 e. The molecule has 2 aromatic rings. The van der Waals surface area contributed by atoms with E-state index in [0.717, 1.165) is 31.7 Å². The van der Waals surface area contributed by atoms with E-state index in [1.165, 1.54) is 16.8 Å². The predicted octanol–water partition coefficient (Wildman–Crippen LogP) is 4.18. The van der Waals surface area contributed by atoms with E-state index >= 15 is 0 Å². The molecule has 0 spiro atoms. The summed E-state index contributed by atoms with van der Waals surface area (Å²) in [4.78, 5) is 17.0. The number of hydrogen-bond donors (Lipinski definition) is 0. The van der Waals surface area contributed by atoms with Crippen LogP contribution in [0.1, 0.15) is 37.5 Å². The molecule has 3 heteroatoms. The van der Waals surface area contributed by atoms with Crippen LogP contribution in [-0.4, -0.2) is 37.0 Å². The molecule has 2 aromatic carbocycles. The van der Waals surface area contributed by atoms with Crippen molar-refractivity contribution in [3.8, 4) is 0 Å². The lowest BCUT2D eigenvalue weighted by molar-refractivity contribution is -0.130. The first kappa shape index (κ1) is 18.5. The van der Waals surface area contributed by atoms with Gasteiger partial charge in [0.1, 0.15) is 0 Å². The van der Waals surface area contributed by atoms with Crippen molar-refractivity contribution < 1.29 is 4.79 Å². The summed E-state index contributed by atoms with van der Waals surface area (Å²) in [5.41, 5.74) is 5.12. The molecule has 0 aliphatic carbocycles. The number of hydrogen-bond acceptors (Lipinski definition) is 2. The Morgan fingerprint density at radius 1 is 0.923 bits per heavy atom. The second-order valence-electron chi connectivity index (χ2n) is 8.27. The SMILES string of the molecule is Cc1ccccc1CC(=O)N1CCN(c2ccc(C(C)(C)C)cc2)CC1. The smallest absolute Gasteiger partial charge is 0.227 e. The Balaban J connectivity index is 1.57. The molecule has 0 radical (unpaired) electrons. The first-order chi connectivity index (χ1) is 12.3. The molecule has 3 rings (SSSR count). The van der Waals surface area contributed by atoms with Crippen LogP contribution in [0.15, 0.2) is 48.5 Å². The average molecular weight is 351 g/mol. The lowest BCUT2D eigenvalue weighted by atomic mass is 9.87. The van der Waals surface area contributed by atoms with E-state index < -0.39 is 0 Å². The summed E-state index contributed by atoms with van der Waals surface area (Å²) >= 11 is 0. The van der Waals surface area contributed by atoms with E-state index in [-0.39, 0.29) is 11.3 Å². The first-order valence-electron chi connectivity index (χ1n) is 9.52. The van der Waals surface area contributed by atoms with E-state index in [1.807, 2.05) is 17.0 Å². The van der Waals surface area contributed by atoms with Gasteiger partial charge in [0, 0.05) is 31.9 Å². The Morgan fingerprint density at radius 2 is 1.54 bits per heavy atom. The molecule has 26 heavy (non-hydrogen) atoms. The van der Waals surface area contributed by atoms with Gasteiger partial charge in [-0.05, 0) is 41.2 Å². The molecule has 0 N–H and O–H groups in total. The Labute approximate surface area is 157 Å². The van der Waals surface area contributed by atoms with Gasteiger partial charge in [0.15, 0.2) is 0 Å². The molecule has 0 bridgehead atoms. The van der Waals surface area contributed by atoms with Crippen LogP contribution < -0.4 is 4.90 Å². The van der Waals surface area contributed by atoms with Gasteiger partial charge in [-0.3, -0.25) is 4.79 Å². The monoisotopic (exact) mass is 350 g/mol. The van der Waals surface area contributed by atoms with Crippen molar-refractivity contribution in [1.29, 1.82) is 0 Å². The van der Waals surface area contributed by atoms with E-state index in [1.54, 1.807) is 0 Å². The second-order valence-corrected chi connectivity index (χ2v) is 8.27. The zero-order valence-corrected chi connectivity index (χ0v) is 16.5. The predicted molar refractivity (Wildman–Crippen MR) is 109 cm³/mol. The summed E-state index contributed by atoms with van der Waals surface area (Å²) < 4.78 is 0. The van der Waals surface area contributed by atoms with Gasteiger partial charge < -0.3 is 9.80 Å². The highest BCUT2D eigenvalue weighted by molar-refractivity contribution is 5.79. The third kappa shape index (κ3) is 4.27. The fraction of sp³-hybridized carbons (Fsp3) is 0.435. The van der Waals surface area contributed by atoms with Crippen LogP contribution in [0.4, 0.5) is 5.69 Å². The van der Waals surface area contributed by atoms with Gasteiger partial charge in [-0.2, -0.15) is 0 Å². The fourth-order valence-electron chi connectivity index (χ4n) is 3.47.